The van der Waals surface area contributed by atoms with Crippen LogP contribution in [0.4, 0.5) is 11.5 Å². The van der Waals surface area contributed by atoms with E-state index >= 15 is 0 Å². The zero-order chi connectivity index (χ0) is 20.5. The lowest BCUT2D eigenvalue weighted by molar-refractivity contribution is -0.384. The van der Waals surface area contributed by atoms with Crippen LogP contribution in [-0.2, 0) is 9.63 Å². The number of aromatic nitrogens is 2. The Hall–Kier alpha value is -2.52. The van der Waals surface area contributed by atoms with Gasteiger partial charge in [0.25, 0.3) is 5.69 Å². The van der Waals surface area contributed by atoms with Gasteiger partial charge < -0.3 is 10.2 Å². The van der Waals surface area contributed by atoms with Crippen LogP contribution in [0.25, 0.3) is 10.9 Å². The van der Waals surface area contributed by atoms with Crippen LogP contribution in [0.5, 0.6) is 0 Å². The van der Waals surface area contributed by atoms with Gasteiger partial charge in [-0.25, -0.2) is 14.8 Å². The lowest BCUT2D eigenvalue weighted by Crippen LogP contribution is -2.42. The summed E-state index contributed by atoms with van der Waals surface area (Å²) in [6, 6.07) is 4.45. The summed E-state index contributed by atoms with van der Waals surface area (Å²) in [4.78, 5) is 36.4. The highest BCUT2D eigenvalue weighted by atomic mass is 35.5. The second kappa shape index (κ2) is 7.84. The second-order valence-corrected chi connectivity index (χ2v) is 8.11. The molecule has 2 heterocycles. The van der Waals surface area contributed by atoms with Crippen molar-refractivity contribution in [3.63, 3.8) is 0 Å². The Balaban J connectivity index is 1.71. The normalized spacial score (nSPS) is 16.1. The zero-order valence-electron chi connectivity index (χ0n) is 15.9. The fourth-order valence-corrected chi connectivity index (χ4v) is 3.03. The fourth-order valence-electron chi connectivity index (χ4n) is 2.85. The molecule has 9 nitrogen and oxygen atoms in total. The maximum absolute atomic E-state index is 12.0. The Morgan fingerprint density at radius 3 is 2.61 bits per heavy atom. The van der Waals surface area contributed by atoms with Crippen molar-refractivity contribution in [3.05, 3.63) is 33.6 Å². The van der Waals surface area contributed by atoms with Crippen LogP contribution >= 0.6 is 11.6 Å². The minimum atomic E-state index is -0.555. The van der Waals surface area contributed by atoms with E-state index in [0.29, 0.717) is 29.8 Å². The highest BCUT2D eigenvalue weighted by molar-refractivity contribution is 6.28. The number of nitro groups is 1. The average molecular weight is 408 g/mol. The Kier molecular flexibility index (Phi) is 5.66. The lowest BCUT2D eigenvalue weighted by atomic mass is 9.98. The van der Waals surface area contributed by atoms with Crippen LogP contribution in [0.1, 0.15) is 33.6 Å². The summed E-state index contributed by atoms with van der Waals surface area (Å²) < 4.78 is 0. The molecule has 28 heavy (non-hydrogen) atoms. The topological polar surface area (TPSA) is 110 Å². The molecule has 0 aliphatic carbocycles. The van der Waals surface area contributed by atoms with Crippen LogP contribution in [0.2, 0.25) is 5.28 Å². The molecule has 1 aromatic carbocycles. The quantitative estimate of drug-likeness (QED) is 0.465. The van der Waals surface area contributed by atoms with E-state index in [1.165, 1.54) is 12.1 Å². The summed E-state index contributed by atoms with van der Waals surface area (Å²) in [5.74, 6) is 0.198. The van der Waals surface area contributed by atoms with Gasteiger partial charge in [-0.1, -0.05) is 0 Å². The third kappa shape index (κ3) is 4.66. The summed E-state index contributed by atoms with van der Waals surface area (Å²) in [6.45, 7) is 6.60. The first kappa shape index (κ1) is 20.2. The van der Waals surface area contributed by atoms with E-state index in [9.17, 15) is 14.9 Å². The largest absolute Gasteiger partial charge is 0.367 e. The molecule has 2 aromatic rings. The van der Waals surface area contributed by atoms with E-state index in [1.54, 1.807) is 11.1 Å². The molecule has 1 N–H and O–H groups in total. The number of nitrogens with one attached hydrogen (secondary N) is 1. The van der Waals surface area contributed by atoms with Crippen LogP contribution in [-0.4, -0.2) is 45.1 Å². The number of nitrogens with zero attached hydrogens (tertiary/aromatic N) is 4. The van der Waals surface area contributed by atoms with Crippen molar-refractivity contribution in [1.29, 1.82) is 0 Å². The monoisotopic (exact) mass is 407 g/mol. The number of halogens is 1. The highest BCUT2D eigenvalue weighted by Crippen LogP contribution is 2.28. The van der Waals surface area contributed by atoms with Crippen molar-refractivity contribution in [2.45, 2.75) is 39.7 Å². The summed E-state index contributed by atoms with van der Waals surface area (Å²) >= 11 is 6.01. The van der Waals surface area contributed by atoms with E-state index in [-0.39, 0.29) is 23.0 Å². The Bertz CT molecular complexity index is 907. The second-order valence-electron chi connectivity index (χ2n) is 7.78. The molecule has 1 aromatic heterocycles. The maximum atomic E-state index is 12.0. The summed E-state index contributed by atoms with van der Waals surface area (Å²) in [5, 5.41) is 16.7. The number of nitro benzene ring substituents is 1. The van der Waals surface area contributed by atoms with Gasteiger partial charge in [0.2, 0.25) is 5.28 Å². The SMILES string of the molecule is CC(C)(C)C(=O)ON1CCC(Nc2nc(Cl)nc3ccc([N+](=O)[O-])cc23)CC1. The number of rotatable bonds is 4. The van der Waals surface area contributed by atoms with Gasteiger partial charge in [0.15, 0.2) is 0 Å². The lowest BCUT2D eigenvalue weighted by Gasteiger charge is -2.32. The number of piperidine rings is 1. The fraction of sp³-hybridized carbons (Fsp3) is 0.500. The molecule has 1 saturated heterocycles. The number of fused-ring (bicyclic) bond motifs is 1. The Morgan fingerprint density at radius 2 is 2.00 bits per heavy atom. The summed E-state index contributed by atoms with van der Waals surface area (Å²) in [6.07, 6.45) is 1.44. The molecule has 1 fully saturated rings. The minimum absolute atomic E-state index is 0.0367. The van der Waals surface area contributed by atoms with Gasteiger partial charge in [0.1, 0.15) is 5.82 Å². The number of carbonyl (C=O) groups excluding carboxylic acids is 1. The summed E-state index contributed by atoms with van der Waals surface area (Å²) in [5.41, 5.74) is -0.0597. The zero-order valence-corrected chi connectivity index (χ0v) is 16.7. The van der Waals surface area contributed by atoms with Crippen molar-refractivity contribution in [1.82, 2.24) is 15.0 Å². The number of hydrogen-bond acceptors (Lipinski definition) is 8. The van der Waals surface area contributed by atoms with Crippen molar-refractivity contribution in [3.8, 4) is 0 Å². The molecule has 0 radical (unpaired) electrons. The number of hydrogen-bond donors (Lipinski definition) is 1. The van der Waals surface area contributed by atoms with Crippen molar-refractivity contribution in [2.24, 2.45) is 5.41 Å². The van der Waals surface area contributed by atoms with Crippen LogP contribution in [0.3, 0.4) is 0 Å². The number of hydroxylamine groups is 2. The molecule has 0 saturated carbocycles. The first-order valence-electron chi connectivity index (χ1n) is 8.99. The molecule has 0 unspecified atom stereocenters. The molecule has 150 valence electrons. The Morgan fingerprint density at radius 1 is 1.32 bits per heavy atom. The number of benzene rings is 1. The molecule has 0 atom stereocenters. The summed E-state index contributed by atoms with van der Waals surface area (Å²) in [7, 11) is 0. The smallest absolute Gasteiger partial charge is 0.330 e. The molecule has 10 heteroatoms. The first-order chi connectivity index (χ1) is 13.1. The van der Waals surface area contributed by atoms with Gasteiger partial charge in [-0.05, 0) is 51.3 Å². The van der Waals surface area contributed by atoms with E-state index < -0.39 is 10.3 Å². The molecule has 1 aliphatic heterocycles. The van der Waals surface area contributed by atoms with Crippen LogP contribution in [0.15, 0.2) is 18.2 Å². The van der Waals surface area contributed by atoms with E-state index in [0.717, 1.165) is 12.8 Å². The minimum Gasteiger partial charge on any atom is -0.367 e. The van der Waals surface area contributed by atoms with Gasteiger partial charge in [-0.3, -0.25) is 10.1 Å². The maximum Gasteiger partial charge on any atom is 0.330 e. The van der Waals surface area contributed by atoms with E-state index in [1.807, 2.05) is 20.8 Å². The van der Waals surface area contributed by atoms with Gasteiger partial charge in [-0.2, -0.15) is 0 Å². The van der Waals surface area contributed by atoms with Crippen LogP contribution < -0.4 is 5.32 Å². The van der Waals surface area contributed by atoms with Gasteiger partial charge in [-0.15, -0.1) is 5.06 Å². The van der Waals surface area contributed by atoms with Crippen LogP contribution in [0, 0.1) is 15.5 Å². The van der Waals surface area contributed by atoms with Gasteiger partial charge in [0.05, 0.1) is 15.9 Å². The molecular formula is C18H22ClN5O4. The van der Waals surface area contributed by atoms with E-state index in [4.69, 9.17) is 16.4 Å². The van der Waals surface area contributed by atoms with E-state index in [2.05, 4.69) is 15.3 Å². The van der Waals surface area contributed by atoms with Crippen molar-refractivity contribution >= 4 is 40.0 Å². The third-order valence-corrected chi connectivity index (χ3v) is 4.65. The molecule has 0 spiro atoms. The molecule has 1 aliphatic rings. The molecular weight excluding hydrogens is 386 g/mol. The molecule has 3 rings (SSSR count). The van der Waals surface area contributed by atoms with Gasteiger partial charge in [0, 0.05) is 36.7 Å². The Labute approximate surface area is 167 Å². The molecule has 0 amide bonds. The standard InChI is InChI=1S/C18H22ClN5O4/c1-18(2,3)16(25)28-23-8-6-11(7-9-23)20-15-13-10-12(24(26)27)4-5-14(13)21-17(19)22-15/h4-5,10-11H,6-9H2,1-3H3,(H,20,21,22). The first-order valence-corrected chi connectivity index (χ1v) is 9.37. The average Bonchev–Trinajstić information content (AvgIpc) is 2.62. The van der Waals surface area contributed by atoms with Gasteiger partial charge >= 0.3 is 5.97 Å². The number of carbonyl (C=O) groups is 1. The third-order valence-electron chi connectivity index (χ3n) is 4.48. The van der Waals surface area contributed by atoms with Crippen molar-refractivity contribution < 1.29 is 14.6 Å². The molecule has 0 bridgehead atoms. The van der Waals surface area contributed by atoms with Crippen molar-refractivity contribution in [2.75, 3.05) is 18.4 Å². The number of non-ortho nitro benzene ring substituents is 1. The highest BCUT2D eigenvalue weighted by Gasteiger charge is 2.28. The predicted octanol–water partition coefficient (Wildman–Crippen LogP) is 3.57. The number of anilines is 1. The predicted molar refractivity (Wildman–Crippen MR) is 105 cm³/mol.